The molecule has 0 atom stereocenters. The lowest BCUT2D eigenvalue weighted by Crippen LogP contribution is -2.30. The molecule has 5 rings (SSSR count). The fourth-order valence-electron chi connectivity index (χ4n) is 4.02. The molecule has 0 fully saturated rings. The third-order valence-electron chi connectivity index (χ3n) is 5.50. The van der Waals surface area contributed by atoms with Crippen LogP contribution >= 0.6 is 0 Å². The molecule has 2 N–H and O–H groups in total. The zero-order valence-electron chi connectivity index (χ0n) is 16.3. The Morgan fingerprint density at radius 1 is 1.20 bits per heavy atom. The van der Waals surface area contributed by atoms with Crippen LogP contribution in [0.15, 0.2) is 48.8 Å². The van der Waals surface area contributed by atoms with E-state index < -0.39 is 0 Å². The van der Waals surface area contributed by atoms with Crippen LogP contribution in [0.5, 0.6) is 0 Å². The summed E-state index contributed by atoms with van der Waals surface area (Å²) in [5.41, 5.74) is 10.7. The largest absolute Gasteiger partial charge is 0.383 e. The molecule has 0 saturated heterocycles. The van der Waals surface area contributed by atoms with E-state index in [0.717, 1.165) is 23.2 Å². The highest BCUT2D eigenvalue weighted by molar-refractivity contribution is 6.00. The zero-order valence-corrected chi connectivity index (χ0v) is 16.3. The van der Waals surface area contributed by atoms with E-state index in [-0.39, 0.29) is 18.1 Å². The Kier molecular flexibility index (Phi) is 4.20. The van der Waals surface area contributed by atoms with Gasteiger partial charge in [-0.05, 0) is 35.7 Å². The highest BCUT2D eigenvalue weighted by Gasteiger charge is 2.26. The number of fused-ring (bicyclic) bond motifs is 2. The molecule has 150 valence electrons. The summed E-state index contributed by atoms with van der Waals surface area (Å²) in [5.74, 6) is -0.0970. The number of carbonyl (C=O) groups is 1. The number of hydrogen-bond donors (Lipinski definition) is 1. The Balaban J connectivity index is 1.48. The summed E-state index contributed by atoms with van der Waals surface area (Å²) in [5, 5.41) is 5.29. The molecule has 2 aromatic heterocycles. The van der Waals surface area contributed by atoms with Crippen molar-refractivity contribution in [3.8, 4) is 11.3 Å². The van der Waals surface area contributed by atoms with Crippen molar-refractivity contribution < 1.29 is 9.18 Å². The summed E-state index contributed by atoms with van der Waals surface area (Å²) in [4.78, 5) is 22.9. The summed E-state index contributed by atoms with van der Waals surface area (Å²) in [7, 11) is 1.81. The van der Waals surface area contributed by atoms with Gasteiger partial charge in [0.25, 0.3) is 0 Å². The summed E-state index contributed by atoms with van der Waals surface area (Å²) in [6, 6.07) is 12.2. The van der Waals surface area contributed by atoms with E-state index in [2.05, 4.69) is 15.1 Å². The fraction of sp³-hybridized carbons (Fsp3) is 0.182. The van der Waals surface area contributed by atoms with Crippen molar-refractivity contribution in [2.75, 3.05) is 17.2 Å². The number of benzene rings is 2. The maximum absolute atomic E-state index is 13.9. The smallest absolute Gasteiger partial charge is 0.231 e. The molecule has 0 aliphatic carbocycles. The standard InChI is InChI=1S/C22H19FN6O/c1-28-22-19(21(24)25-12-26-22)20(27-28)15-6-7-17-14(10-15)8-9-29(17)18(30)11-13-4-2-3-5-16(13)23/h2-7,10,12H,8-9,11H2,1H3,(H2,24,25,26). The number of aromatic nitrogens is 4. The first-order valence-electron chi connectivity index (χ1n) is 9.63. The van der Waals surface area contributed by atoms with Gasteiger partial charge in [0, 0.05) is 24.8 Å². The topological polar surface area (TPSA) is 89.9 Å². The lowest BCUT2D eigenvalue weighted by molar-refractivity contribution is -0.117. The summed E-state index contributed by atoms with van der Waals surface area (Å²) < 4.78 is 15.6. The van der Waals surface area contributed by atoms with Crippen LogP contribution in [0.3, 0.4) is 0 Å². The minimum Gasteiger partial charge on any atom is -0.383 e. The Morgan fingerprint density at radius 3 is 2.87 bits per heavy atom. The monoisotopic (exact) mass is 402 g/mol. The van der Waals surface area contributed by atoms with Gasteiger partial charge in [-0.3, -0.25) is 4.79 Å². The Morgan fingerprint density at radius 2 is 2.03 bits per heavy atom. The van der Waals surface area contributed by atoms with Crippen LogP contribution in [0.1, 0.15) is 11.1 Å². The van der Waals surface area contributed by atoms with E-state index in [0.29, 0.717) is 34.7 Å². The van der Waals surface area contributed by atoms with Crippen LogP contribution < -0.4 is 10.6 Å². The van der Waals surface area contributed by atoms with Gasteiger partial charge in [0.15, 0.2) is 5.65 Å². The molecule has 4 aromatic rings. The third kappa shape index (κ3) is 2.88. The van der Waals surface area contributed by atoms with Crippen molar-refractivity contribution in [1.29, 1.82) is 0 Å². The van der Waals surface area contributed by atoms with Gasteiger partial charge < -0.3 is 10.6 Å². The summed E-state index contributed by atoms with van der Waals surface area (Å²) in [6.07, 6.45) is 2.18. The van der Waals surface area contributed by atoms with Gasteiger partial charge in [-0.15, -0.1) is 0 Å². The number of aryl methyl sites for hydroxylation is 1. The molecule has 0 radical (unpaired) electrons. The number of nitrogens with two attached hydrogens (primary N) is 1. The van der Waals surface area contributed by atoms with Crippen LogP contribution in [-0.2, 0) is 24.7 Å². The van der Waals surface area contributed by atoms with E-state index in [1.54, 1.807) is 27.8 Å². The summed E-state index contributed by atoms with van der Waals surface area (Å²) >= 11 is 0. The number of amides is 1. The highest BCUT2D eigenvalue weighted by atomic mass is 19.1. The number of halogens is 1. The van der Waals surface area contributed by atoms with Crippen LogP contribution in [0, 0.1) is 5.82 Å². The number of carbonyl (C=O) groups excluding carboxylic acids is 1. The Bertz CT molecular complexity index is 1300. The Hall–Kier alpha value is -3.81. The molecule has 30 heavy (non-hydrogen) atoms. The van der Waals surface area contributed by atoms with Crippen molar-refractivity contribution in [1.82, 2.24) is 19.7 Å². The molecule has 0 spiro atoms. The molecular weight excluding hydrogens is 383 g/mol. The lowest BCUT2D eigenvalue weighted by Gasteiger charge is -2.18. The predicted molar refractivity (Wildman–Crippen MR) is 112 cm³/mol. The number of nitrogen functional groups attached to an aromatic ring is 1. The van der Waals surface area contributed by atoms with Crippen molar-refractivity contribution in [3.63, 3.8) is 0 Å². The number of nitrogens with zero attached hydrogens (tertiary/aromatic N) is 5. The number of hydrogen-bond acceptors (Lipinski definition) is 5. The van der Waals surface area contributed by atoms with Crippen molar-refractivity contribution >= 4 is 28.4 Å². The Labute approximate surface area is 172 Å². The van der Waals surface area contributed by atoms with E-state index in [1.807, 2.05) is 25.2 Å². The minimum absolute atomic E-state index is 0.0343. The SMILES string of the molecule is Cn1nc(-c2ccc3c(c2)CCN3C(=O)Cc2ccccc2F)c2c(N)ncnc21. The van der Waals surface area contributed by atoms with Gasteiger partial charge in [-0.25, -0.2) is 19.0 Å². The van der Waals surface area contributed by atoms with E-state index >= 15 is 0 Å². The van der Waals surface area contributed by atoms with Crippen molar-refractivity contribution in [2.45, 2.75) is 12.8 Å². The van der Waals surface area contributed by atoms with E-state index in [4.69, 9.17) is 5.73 Å². The highest BCUT2D eigenvalue weighted by Crippen LogP contribution is 2.35. The summed E-state index contributed by atoms with van der Waals surface area (Å²) in [6.45, 7) is 0.570. The first kappa shape index (κ1) is 18.2. The first-order chi connectivity index (χ1) is 14.5. The van der Waals surface area contributed by atoms with Crippen molar-refractivity contribution in [2.24, 2.45) is 7.05 Å². The van der Waals surface area contributed by atoms with Gasteiger partial charge in [0.2, 0.25) is 5.91 Å². The normalized spacial score (nSPS) is 13.1. The van der Waals surface area contributed by atoms with Gasteiger partial charge in [-0.1, -0.05) is 24.3 Å². The van der Waals surface area contributed by atoms with Crippen LogP contribution in [0.2, 0.25) is 0 Å². The quantitative estimate of drug-likeness (QED) is 0.569. The molecule has 0 saturated carbocycles. The average molecular weight is 402 g/mol. The molecule has 1 aliphatic rings. The number of rotatable bonds is 3. The van der Waals surface area contributed by atoms with Crippen LogP contribution in [0.25, 0.3) is 22.3 Å². The predicted octanol–water partition coefficient (Wildman–Crippen LogP) is 2.88. The molecule has 3 heterocycles. The molecule has 0 unspecified atom stereocenters. The first-order valence-corrected chi connectivity index (χ1v) is 9.63. The fourth-order valence-corrected chi connectivity index (χ4v) is 4.02. The minimum atomic E-state index is -0.359. The zero-order chi connectivity index (χ0) is 20.8. The molecule has 1 aliphatic heterocycles. The molecule has 0 bridgehead atoms. The molecule has 7 nitrogen and oxygen atoms in total. The van der Waals surface area contributed by atoms with E-state index in [1.165, 1.54) is 12.4 Å². The van der Waals surface area contributed by atoms with Gasteiger partial charge in [0.1, 0.15) is 23.7 Å². The maximum atomic E-state index is 13.9. The number of anilines is 2. The van der Waals surface area contributed by atoms with Gasteiger partial charge >= 0.3 is 0 Å². The van der Waals surface area contributed by atoms with Crippen LogP contribution in [-0.4, -0.2) is 32.2 Å². The second-order valence-electron chi connectivity index (χ2n) is 7.34. The molecule has 2 aromatic carbocycles. The van der Waals surface area contributed by atoms with Gasteiger partial charge in [0.05, 0.1) is 11.8 Å². The second kappa shape index (κ2) is 6.91. The van der Waals surface area contributed by atoms with Gasteiger partial charge in [-0.2, -0.15) is 5.10 Å². The lowest BCUT2D eigenvalue weighted by atomic mass is 10.0. The second-order valence-corrected chi connectivity index (χ2v) is 7.34. The van der Waals surface area contributed by atoms with E-state index in [9.17, 15) is 9.18 Å². The van der Waals surface area contributed by atoms with Crippen molar-refractivity contribution in [3.05, 3.63) is 65.7 Å². The van der Waals surface area contributed by atoms with Crippen LogP contribution in [0.4, 0.5) is 15.9 Å². The molecule has 8 heteroatoms. The third-order valence-corrected chi connectivity index (χ3v) is 5.50. The molecule has 1 amide bonds. The maximum Gasteiger partial charge on any atom is 0.231 e. The average Bonchev–Trinajstić information content (AvgIpc) is 3.31. The molecular formula is C22H19FN6O.